The molecule has 3 fully saturated rings. The Morgan fingerprint density at radius 1 is 1.17 bits per heavy atom. The molecule has 3 atom stereocenters. The van der Waals surface area contributed by atoms with Crippen LogP contribution in [0.15, 0.2) is 0 Å². The van der Waals surface area contributed by atoms with E-state index in [1.807, 2.05) is 0 Å². The predicted molar refractivity (Wildman–Crippen MR) is 92.3 cm³/mol. The van der Waals surface area contributed by atoms with Gasteiger partial charge in [0, 0.05) is 38.0 Å². The third kappa shape index (κ3) is 3.17. The summed E-state index contributed by atoms with van der Waals surface area (Å²) in [7, 11) is 2.17. The number of carbonyl (C=O) groups excluding carboxylic acids is 1. The normalized spacial score (nSPS) is 37.2. The first-order chi connectivity index (χ1) is 10.8. The van der Waals surface area contributed by atoms with Crippen molar-refractivity contribution < 1.29 is 9.53 Å². The van der Waals surface area contributed by atoms with Gasteiger partial charge in [-0.3, -0.25) is 4.79 Å². The van der Waals surface area contributed by atoms with Gasteiger partial charge in [-0.25, -0.2) is 0 Å². The van der Waals surface area contributed by atoms with Crippen molar-refractivity contribution in [1.29, 1.82) is 0 Å². The number of hydrogen-bond acceptors (Lipinski definition) is 4. The molecule has 1 saturated heterocycles. The molecule has 1 heterocycles. The molecule has 2 aliphatic carbocycles. The molecule has 0 unspecified atom stereocenters. The Kier molecular flexibility index (Phi) is 4.76. The topological polar surface area (TPSA) is 32.8 Å². The lowest BCUT2D eigenvalue weighted by molar-refractivity contribution is -0.157. The molecule has 2 saturated carbocycles. The molecule has 1 aliphatic heterocycles. The molecule has 0 aromatic rings. The number of likely N-dealkylation sites (N-methyl/N-ethyl adjacent to an activating group) is 1. The van der Waals surface area contributed by atoms with Gasteiger partial charge in [-0.05, 0) is 50.6 Å². The molecule has 0 N–H and O–H groups in total. The van der Waals surface area contributed by atoms with Gasteiger partial charge in [0.05, 0.1) is 0 Å². The summed E-state index contributed by atoms with van der Waals surface area (Å²) >= 11 is 0. The number of carbonyl (C=O) groups is 1. The average molecular weight is 322 g/mol. The molecular weight excluding hydrogens is 288 g/mol. The summed E-state index contributed by atoms with van der Waals surface area (Å²) in [5.74, 6) is 0.754. The molecule has 2 bridgehead atoms. The first-order valence-electron chi connectivity index (χ1n) is 9.43. The summed E-state index contributed by atoms with van der Waals surface area (Å²) in [6.45, 7) is 12.6. The van der Waals surface area contributed by atoms with Crippen LogP contribution in [0, 0.1) is 16.7 Å². The zero-order valence-electron chi connectivity index (χ0n) is 15.4. The summed E-state index contributed by atoms with van der Waals surface area (Å²) in [6, 6.07) is 0. The standard InChI is InChI=1S/C19H34N2O2/c1-18(2)15-7-8-19(18,3)16(14-15)23-17(22)6-5-9-21-12-10-20(4)11-13-21/h15-16H,5-14H2,1-4H3/t15-,16+,19+/m0/s1. The molecule has 4 nitrogen and oxygen atoms in total. The maximum atomic E-state index is 12.3. The van der Waals surface area contributed by atoms with Crippen molar-refractivity contribution in [3.05, 3.63) is 0 Å². The quantitative estimate of drug-likeness (QED) is 0.729. The van der Waals surface area contributed by atoms with Crippen LogP contribution in [-0.4, -0.2) is 61.6 Å². The number of esters is 1. The molecule has 0 aromatic carbocycles. The SMILES string of the molecule is CN1CCN(CCCC(=O)O[C@@H]2C[C@@H]3CC[C@@]2(C)C3(C)C)CC1. The molecule has 3 aliphatic rings. The highest BCUT2D eigenvalue weighted by Crippen LogP contribution is 2.66. The highest BCUT2D eigenvalue weighted by molar-refractivity contribution is 5.69. The highest BCUT2D eigenvalue weighted by Gasteiger charge is 2.62. The number of hydrogen-bond donors (Lipinski definition) is 0. The van der Waals surface area contributed by atoms with Crippen molar-refractivity contribution >= 4 is 5.97 Å². The van der Waals surface area contributed by atoms with E-state index in [2.05, 4.69) is 37.6 Å². The van der Waals surface area contributed by atoms with Crippen molar-refractivity contribution in [2.24, 2.45) is 16.7 Å². The second-order valence-electron chi connectivity index (χ2n) is 8.84. The first-order valence-corrected chi connectivity index (χ1v) is 9.43. The molecule has 0 aromatic heterocycles. The van der Waals surface area contributed by atoms with Gasteiger partial charge < -0.3 is 14.5 Å². The largest absolute Gasteiger partial charge is 0.462 e. The van der Waals surface area contributed by atoms with Gasteiger partial charge in [0.15, 0.2) is 0 Å². The van der Waals surface area contributed by atoms with Gasteiger partial charge in [0.2, 0.25) is 0 Å². The summed E-state index contributed by atoms with van der Waals surface area (Å²) < 4.78 is 5.92. The van der Waals surface area contributed by atoms with E-state index >= 15 is 0 Å². The van der Waals surface area contributed by atoms with Crippen LogP contribution in [0.4, 0.5) is 0 Å². The molecule has 132 valence electrons. The predicted octanol–water partition coefficient (Wildman–Crippen LogP) is 2.77. The molecule has 4 heteroatoms. The lowest BCUT2D eigenvalue weighted by Crippen LogP contribution is -2.44. The molecule has 3 rings (SSSR count). The maximum Gasteiger partial charge on any atom is 0.306 e. The zero-order chi connectivity index (χ0) is 16.7. The van der Waals surface area contributed by atoms with Crippen LogP contribution in [0.1, 0.15) is 52.9 Å². The minimum atomic E-state index is 0.0219. The lowest BCUT2D eigenvalue weighted by atomic mass is 9.70. The van der Waals surface area contributed by atoms with Crippen molar-refractivity contribution in [2.75, 3.05) is 39.8 Å². The number of nitrogens with zero attached hydrogens (tertiary/aromatic N) is 2. The van der Waals surface area contributed by atoms with Crippen LogP contribution in [0.5, 0.6) is 0 Å². The van der Waals surface area contributed by atoms with Crippen LogP contribution >= 0.6 is 0 Å². The monoisotopic (exact) mass is 322 g/mol. The van der Waals surface area contributed by atoms with Crippen molar-refractivity contribution in [2.45, 2.75) is 59.0 Å². The van der Waals surface area contributed by atoms with E-state index in [1.54, 1.807) is 0 Å². The summed E-state index contributed by atoms with van der Waals surface area (Å²) in [5, 5.41) is 0. The Labute approximate surface area is 141 Å². The Bertz CT molecular complexity index is 443. The average Bonchev–Trinajstić information content (AvgIpc) is 2.82. The van der Waals surface area contributed by atoms with Crippen LogP contribution in [0.3, 0.4) is 0 Å². The van der Waals surface area contributed by atoms with Crippen molar-refractivity contribution in [3.63, 3.8) is 0 Å². The van der Waals surface area contributed by atoms with Crippen LogP contribution in [0.25, 0.3) is 0 Å². The number of ether oxygens (including phenoxy) is 1. The molecule has 23 heavy (non-hydrogen) atoms. The van der Waals surface area contributed by atoms with Crippen molar-refractivity contribution in [3.8, 4) is 0 Å². The Balaban J connectivity index is 1.41. The van der Waals surface area contributed by atoms with E-state index in [1.165, 1.54) is 12.8 Å². The van der Waals surface area contributed by atoms with Gasteiger partial charge in [-0.15, -0.1) is 0 Å². The second-order valence-corrected chi connectivity index (χ2v) is 8.84. The van der Waals surface area contributed by atoms with E-state index in [9.17, 15) is 4.79 Å². The fourth-order valence-corrected chi connectivity index (χ4v) is 5.04. The second kappa shape index (κ2) is 6.36. The highest BCUT2D eigenvalue weighted by atomic mass is 16.5. The Morgan fingerprint density at radius 3 is 2.43 bits per heavy atom. The van der Waals surface area contributed by atoms with Gasteiger partial charge in [-0.1, -0.05) is 20.8 Å². The van der Waals surface area contributed by atoms with Gasteiger partial charge in [0.25, 0.3) is 0 Å². The molecule has 0 radical (unpaired) electrons. The Morgan fingerprint density at radius 2 is 1.87 bits per heavy atom. The summed E-state index contributed by atoms with van der Waals surface area (Å²) in [6.07, 6.45) is 5.24. The summed E-state index contributed by atoms with van der Waals surface area (Å²) in [4.78, 5) is 17.1. The molecule has 0 amide bonds. The number of piperazine rings is 1. The number of fused-ring (bicyclic) bond motifs is 2. The third-order valence-corrected chi connectivity index (χ3v) is 7.44. The lowest BCUT2D eigenvalue weighted by Gasteiger charge is -2.38. The zero-order valence-corrected chi connectivity index (χ0v) is 15.4. The minimum absolute atomic E-state index is 0.0219. The van der Waals surface area contributed by atoms with Gasteiger partial charge >= 0.3 is 5.97 Å². The van der Waals surface area contributed by atoms with Crippen LogP contribution in [0.2, 0.25) is 0 Å². The smallest absolute Gasteiger partial charge is 0.306 e. The molecule has 0 spiro atoms. The van der Waals surface area contributed by atoms with E-state index < -0.39 is 0 Å². The van der Waals surface area contributed by atoms with E-state index in [4.69, 9.17) is 4.74 Å². The van der Waals surface area contributed by atoms with Crippen LogP contribution < -0.4 is 0 Å². The fraction of sp³-hybridized carbons (Fsp3) is 0.947. The first kappa shape index (κ1) is 17.2. The summed E-state index contributed by atoms with van der Waals surface area (Å²) in [5.41, 5.74) is 0.503. The van der Waals surface area contributed by atoms with Gasteiger partial charge in [-0.2, -0.15) is 0 Å². The maximum absolute atomic E-state index is 12.3. The third-order valence-electron chi connectivity index (χ3n) is 7.44. The van der Waals surface area contributed by atoms with Crippen molar-refractivity contribution in [1.82, 2.24) is 9.80 Å². The van der Waals surface area contributed by atoms with E-state index in [0.29, 0.717) is 11.8 Å². The van der Waals surface area contributed by atoms with Crippen LogP contribution in [-0.2, 0) is 9.53 Å². The molecular formula is C19H34N2O2. The van der Waals surface area contributed by atoms with E-state index in [-0.39, 0.29) is 17.5 Å². The number of rotatable bonds is 5. The van der Waals surface area contributed by atoms with E-state index in [0.717, 1.165) is 51.5 Å². The van der Waals surface area contributed by atoms with Gasteiger partial charge in [0.1, 0.15) is 6.10 Å². The fourth-order valence-electron chi connectivity index (χ4n) is 5.04. The minimum Gasteiger partial charge on any atom is -0.462 e. The Hall–Kier alpha value is -0.610.